The molecule has 0 aromatic heterocycles. The molecule has 172 valence electrons. The smallest absolute Gasteiger partial charge is 0.408 e. The minimum atomic E-state index is -1.38. The van der Waals surface area contributed by atoms with E-state index < -0.39 is 41.2 Å². The lowest BCUT2D eigenvalue weighted by atomic mass is 10.1. The number of nitrogens with one attached hydrogen (secondary N) is 1. The van der Waals surface area contributed by atoms with Crippen LogP contribution in [0.3, 0.4) is 0 Å². The number of rotatable bonds is 10. The highest BCUT2D eigenvalue weighted by Gasteiger charge is 2.25. The molecule has 0 aliphatic carbocycles. The Hall–Kier alpha value is -3.57. The molecule has 0 spiro atoms. The summed E-state index contributed by atoms with van der Waals surface area (Å²) in [6, 6.07) is 1.08. The molecule has 31 heavy (non-hydrogen) atoms. The van der Waals surface area contributed by atoms with Crippen molar-refractivity contribution < 1.29 is 43.4 Å². The molecule has 12 nitrogen and oxygen atoms in total. The number of ether oxygens (including phenoxy) is 4. The molecule has 0 fully saturated rings. The van der Waals surface area contributed by atoms with Gasteiger partial charge in [-0.15, -0.1) is 0 Å². The Kier molecular flexibility index (Phi) is 9.03. The molecule has 1 rings (SSSR count). The highest BCUT2D eigenvalue weighted by molar-refractivity contribution is 5.81. The molecule has 0 aliphatic heterocycles. The summed E-state index contributed by atoms with van der Waals surface area (Å²) in [5, 5.41) is 22.7. The summed E-state index contributed by atoms with van der Waals surface area (Å²) in [7, 11) is 2.68. The van der Waals surface area contributed by atoms with Crippen LogP contribution in [0.2, 0.25) is 0 Å². The molecule has 1 atom stereocenters. The van der Waals surface area contributed by atoms with Crippen molar-refractivity contribution in [3.63, 3.8) is 0 Å². The van der Waals surface area contributed by atoms with Crippen molar-refractivity contribution in [1.29, 1.82) is 0 Å². The van der Waals surface area contributed by atoms with Gasteiger partial charge in [0.2, 0.25) is 0 Å². The zero-order valence-corrected chi connectivity index (χ0v) is 17.9. The second-order valence-corrected chi connectivity index (χ2v) is 7.33. The standard InChI is InChI=1S/C19H26N2O10/c1-19(2,3)31-18(25)20-12(17(23)24)6-7-16(22)30-10-11-8-14(28-4)15(29-5)9-13(11)21(26)27/h8-9,12H,6-7,10H2,1-5H3,(H,20,25)(H,23,24)/t12-/m0/s1. The van der Waals surface area contributed by atoms with Crippen LogP contribution in [0, 0.1) is 10.1 Å². The maximum atomic E-state index is 12.0. The van der Waals surface area contributed by atoms with Gasteiger partial charge in [-0.2, -0.15) is 0 Å². The summed E-state index contributed by atoms with van der Waals surface area (Å²) >= 11 is 0. The highest BCUT2D eigenvalue weighted by Crippen LogP contribution is 2.34. The monoisotopic (exact) mass is 442 g/mol. The number of hydrogen-bond acceptors (Lipinski definition) is 9. The van der Waals surface area contributed by atoms with Crippen molar-refractivity contribution in [2.24, 2.45) is 0 Å². The maximum absolute atomic E-state index is 12.0. The molecule has 1 aromatic carbocycles. The second-order valence-electron chi connectivity index (χ2n) is 7.33. The number of nitrogens with zero attached hydrogens (tertiary/aromatic N) is 1. The Morgan fingerprint density at radius 1 is 1.16 bits per heavy atom. The number of benzene rings is 1. The predicted octanol–water partition coefficient (Wildman–Crippen LogP) is 2.41. The van der Waals surface area contributed by atoms with Gasteiger partial charge in [-0.05, 0) is 33.3 Å². The number of methoxy groups -OCH3 is 2. The molecule has 1 amide bonds. The quantitative estimate of drug-likeness (QED) is 0.312. The summed E-state index contributed by atoms with van der Waals surface area (Å²) in [4.78, 5) is 45.7. The average molecular weight is 442 g/mol. The summed E-state index contributed by atoms with van der Waals surface area (Å²) < 4.78 is 20.1. The minimum absolute atomic E-state index is 0.0673. The topological polar surface area (TPSA) is 164 Å². The third-order valence-corrected chi connectivity index (χ3v) is 3.80. The molecule has 12 heteroatoms. The molecule has 0 heterocycles. The number of amides is 1. The zero-order chi connectivity index (χ0) is 23.8. The van der Waals surface area contributed by atoms with Gasteiger partial charge in [-0.25, -0.2) is 9.59 Å². The molecular formula is C19H26N2O10. The maximum Gasteiger partial charge on any atom is 0.408 e. The molecule has 0 radical (unpaired) electrons. The Labute approximate surface area is 178 Å². The van der Waals surface area contributed by atoms with Crippen LogP contribution >= 0.6 is 0 Å². The van der Waals surface area contributed by atoms with Gasteiger partial charge in [-0.1, -0.05) is 0 Å². The number of nitro benzene ring substituents is 1. The fourth-order valence-corrected chi connectivity index (χ4v) is 2.40. The summed E-state index contributed by atoms with van der Waals surface area (Å²) in [5.41, 5.74) is -1.08. The van der Waals surface area contributed by atoms with Crippen LogP contribution in [-0.4, -0.2) is 53.9 Å². The van der Waals surface area contributed by atoms with Crippen LogP contribution in [-0.2, 0) is 25.7 Å². The number of carboxylic acids is 1. The van der Waals surface area contributed by atoms with Crippen molar-refractivity contribution in [3.8, 4) is 11.5 Å². The zero-order valence-electron chi connectivity index (χ0n) is 17.9. The van der Waals surface area contributed by atoms with Gasteiger partial charge in [0.05, 0.1) is 30.8 Å². The number of nitro groups is 1. The van der Waals surface area contributed by atoms with Crippen molar-refractivity contribution in [2.75, 3.05) is 14.2 Å². The number of esters is 1. The lowest BCUT2D eigenvalue weighted by molar-refractivity contribution is -0.385. The van der Waals surface area contributed by atoms with Crippen LogP contribution in [0.1, 0.15) is 39.2 Å². The van der Waals surface area contributed by atoms with E-state index in [4.69, 9.17) is 18.9 Å². The first-order chi connectivity index (χ1) is 14.4. The van der Waals surface area contributed by atoms with E-state index in [0.717, 1.165) is 6.07 Å². The van der Waals surface area contributed by atoms with E-state index >= 15 is 0 Å². The number of carboxylic acid groups (broad SMARTS) is 1. The number of alkyl carbamates (subject to hydrolysis) is 1. The Morgan fingerprint density at radius 3 is 2.23 bits per heavy atom. The van der Waals surface area contributed by atoms with Gasteiger partial charge >= 0.3 is 18.0 Å². The summed E-state index contributed by atoms with van der Waals surface area (Å²) in [6.45, 7) is 4.42. The highest BCUT2D eigenvalue weighted by atomic mass is 16.6. The van der Waals surface area contributed by atoms with Crippen LogP contribution in [0.4, 0.5) is 10.5 Å². The largest absolute Gasteiger partial charge is 0.493 e. The molecule has 1 aromatic rings. The van der Waals surface area contributed by atoms with Crippen molar-refractivity contribution in [1.82, 2.24) is 5.32 Å². The van der Waals surface area contributed by atoms with E-state index in [9.17, 15) is 29.6 Å². The number of aliphatic carboxylic acids is 1. The predicted molar refractivity (Wildman–Crippen MR) is 106 cm³/mol. The van der Waals surface area contributed by atoms with E-state index in [1.165, 1.54) is 20.3 Å². The lowest BCUT2D eigenvalue weighted by Crippen LogP contribution is -2.43. The van der Waals surface area contributed by atoms with Crippen molar-refractivity contribution >= 4 is 23.7 Å². The minimum Gasteiger partial charge on any atom is -0.493 e. The van der Waals surface area contributed by atoms with Crippen LogP contribution < -0.4 is 14.8 Å². The van der Waals surface area contributed by atoms with Gasteiger partial charge in [-0.3, -0.25) is 14.9 Å². The molecule has 0 saturated carbocycles. The van der Waals surface area contributed by atoms with Gasteiger partial charge in [0.25, 0.3) is 5.69 Å². The molecule has 0 bridgehead atoms. The van der Waals surface area contributed by atoms with Gasteiger partial charge in [0.15, 0.2) is 11.5 Å². The SMILES string of the molecule is COc1cc(COC(=O)CC[C@H](NC(=O)OC(C)(C)C)C(=O)O)c([N+](=O)[O-])cc1OC. The van der Waals surface area contributed by atoms with E-state index in [1.54, 1.807) is 20.8 Å². The Morgan fingerprint density at radius 2 is 1.74 bits per heavy atom. The molecule has 0 saturated heterocycles. The van der Waals surface area contributed by atoms with Gasteiger partial charge in [0, 0.05) is 6.42 Å². The molecule has 2 N–H and O–H groups in total. The number of carbonyl (C=O) groups excluding carboxylic acids is 2. The second kappa shape index (κ2) is 11.0. The van der Waals surface area contributed by atoms with E-state index in [-0.39, 0.29) is 35.6 Å². The lowest BCUT2D eigenvalue weighted by Gasteiger charge is -2.21. The van der Waals surface area contributed by atoms with Crippen LogP contribution in [0.5, 0.6) is 11.5 Å². The molecular weight excluding hydrogens is 416 g/mol. The third kappa shape index (κ3) is 8.36. The van der Waals surface area contributed by atoms with Crippen molar-refractivity contribution in [3.05, 3.63) is 27.8 Å². The first-order valence-electron chi connectivity index (χ1n) is 9.15. The molecule has 0 unspecified atom stereocenters. The van der Waals surface area contributed by atoms with E-state index in [2.05, 4.69) is 5.32 Å². The van der Waals surface area contributed by atoms with Crippen molar-refractivity contribution in [2.45, 2.75) is 51.9 Å². The van der Waals surface area contributed by atoms with Crippen LogP contribution in [0.25, 0.3) is 0 Å². The van der Waals surface area contributed by atoms with Crippen LogP contribution in [0.15, 0.2) is 12.1 Å². The fraction of sp³-hybridized carbons (Fsp3) is 0.526. The molecule has 0 aliphatic rings. The first kappa shape index (κ1) is 25.5. The number of hydrogen-bond donors (Lipinski definition) is 2. The normalized spacial score (nSPS) is 11.8. The number of carbonyl (C=O) groups is 3. The average Bonchev–Trinajstić information content (AvgIpc) is 2.66. The van der Waals surface area contributed by atoms with E-state index in [0.29, 0.717) is 0 Å². The Balaban J connectivity index is 2.75. The summed E-state index contributed by atoms with van der Waals surface area (Å²) in [5.74, 6) is -1.80. The Bertz CT molecular complexity index is 832. The van der Waals surface area contributed by atoms with E-state index in [1.807, 2.05) is 0 Å². The fourth-order valence-electron chi connectivity index (χ4n) is 2.40. The van der Waals surface area contributed by atoms with Gasteiger partial charge < -0.3 is 29.4 Å². The third-order valence-electron chi connectivity index (χ3n) is 3.80. The van der Waals surface area contributed by atoms with Gasteiger partial charge in [0.1, 0.15) is 18.2 Å². The summed E-state index contributed by atoms with van der Waals surface area (Å²) in [6.07, 6.45) is -1.55. The first-order valence-corrected chi connectivity index (χ1v) is 9.15.